The number of thiol groups is 1. The molecule has 1 saturated heterocycles. The smallest absolute Gasteiger partial charge is 0.155 e. The Hall–Kier alpha value is -2.48. The Kier molecular flexibility index (Phi) is 7.26. The van der Waals surface area contributed by atoms with E-state index in [0.717, 1.165) is 29.0 Å². The number of nitrogens with zero attached hydrogens (tertiary/aromatic N) is 4. The van der Waals surface area contributed by atoms with Gasteiger partial charge < -0.3 is 14.5 Å². The summed E-state index contributed by atoms with van der Waals surface area (Å²) in [5, 5.41) is 0.925. The first kappa shape index (κ1) is 24.6. The second-order valence-electron chi connectivity index (χ2n) is 8.44. The van der Waals surface area contributed by atoms with Crippen LogP contribution in [0.2, 0.25) is 10.0 Å². The first-order chi connectivity index (χ1) is 16.3. The number of piperidine rings is 1. The average molecular weight is 517 g/mol. The molecule has 2 aromatic carbocycles. The number of aldehydes is 1. The van der Waals surface area contributed by atoms with Crippen molar-refractivity contribution in [2.75, 3.05) is 25.0 Å². The summed E-state index contributed by atoms with van der Waals surface area (Å²) in [5.74, 6) is 2.15. The molecule has 178 valence electrons. The van der Waals surface area contributed by atoms with E-state index in [1.54, 1.807) is 13.0 Å². The molecule has 0 aliphatic carbocycles. The molecule has 1 fully saturated rings. The zero-order chi connectivity index (χ0) is 24.5. The molecular weight excluding hydrogens is 491 g/mol. The maximum Gasteiger partial charge on any atom is 0.155 e. The van der Waals surface area contributed by atoms with Crippen molar-refractivity contribution in [2.45, 2.75) is 32.3 Å². The fourth-order valence-electron chi connectivity index (χ4n) is 4.43. The Morgan fingerprint density at radius 1 is 1.15 bits per heavy atom. The number of allylic oxidation sites excluding steroid dienone is 1. The summed E-state index contributed by atoms with van der Waals surface area (Å²) in [5.41, 5.74) is 2.62. The molecule has 2 aliphatic rings. The quantitative estimate of drug-likeness (QED) is 0.182. The number of anilines is 1. The summed E-state index contributed by atoms with van der Waals surface area (Å²) in [6.07, 6.45) is 2.23. The number of carbonyl (C=O) groups is 1. The van der Waals surface area contributed by atoms with Crippen LogP contribution in [0, 0.1) is 0 Å². The minimum atomic E-state index is -0.522. The highest BCUT2D eigenvalue weighted by Crippen LogP contribution is 2.42. The number of benzene rings is 2. The molecule has 2 aromatic rings. The lowest BCUT2D eigenvalue weighted by atomic mass is 9.85. The maximum absolute atomic E-state index is 11.7. The predicted octanol–water partition coefficient (Wildman–Crippen LogP) is 5.84. The molecule has 0 aromatic heterocycles. The summed E-state index contributed by atoms with van der Waals surface area (Å²) in [6, 6.07) is 13.4. The van der Waals surface area contributed by atoms with Gasteiger partial charge in [-0.3, -0.25) is 4.79 Å². The third kappa shape index (κ3) is 4.44. The molecule has 2 aliphatic heterocycles. The fraction of sp³-hybridized carbons (Fsp3) is 0.320. The number of halogens is 2. The van der Waals surface area contributed by atoms with E-state index < -0.39 is 5.60 Å². The number of fused-ring (bicyclic) bond motifs is 1. The van der Waals surface area contributed by atoms with Crippen molar-refractivity contribution in [3.63, 3.8) is 0 Å². The molecule has 4 rings (SSSR count). The van der Waals surface area contributed by atoms with Crippen molar-refractivity contribution in [1.29, 1.82) is 0 Å². The van der Waals surface area contributed by atoms with E-state index in [1.807, 2.05) is 55.3 Å². The van der Waals surface area contributed by atoms with Crippen molar-refractivity contribution < 1.29 is 9.53 Å². The minimum absolute atomic E-state index is 0.454. The lowest BCUT2D eigenvalue weighted by Crippen LogP contribution is -2.50. The van der Waals surface area contributed by atoms with E-state index in [2.05, 4.69) is 22.1 Å². The van der Waals surface area contributed by atoms with Gasteiger partial charge in [0, 0.05) is 44.1 Å². The molecule has 6 nitrogen and oxygen atoms in total. The number of amidine groups is 1. The number of likely N-dealkylation sites (tertiary alicyclic amines) is 1. The minimum Gasteiger partial charge on any atom is -0.480 e. The molecule has 9 heteroatoms. The van der Waals surface area contributed by atoms with Crippen LogP contribution in [0.15, 0.2) is 63.2 Å². The molecule has 0 atom stereocenters. The van der Waals surface area contributed by atoms with Gasteiger partial charge in [0.1, 0.15) is 29.4 Å². The first-order valence-corrected chi connectivity index (χ1v) is 12.1. The van der Waals surface area contributed by atoms with Crippen LogP contribution in [0.4, 0.5) is 5.69 Å². The Morgan fingerprint density at radius 2 is 1.85 bits per heavy atom. The zero-order valence-electron chi connectivity index (χ0n) is 19.3. The molecule has 0 unspecified atom stereocenters. The second-order valence-corrected chi connectivity index (χ2v) is 9.43. The van der Waals surface area contributed by atoms with Crippen LogP contribution in [0.1, 0.15) is 32.3 Å². The van der Waals surface area contributed by atoms with Crippen molar-refractivity contribution in [3.8, 4) is 5.75 Å². The van der Waals surface area contributed by atoms with Gasteiger partial charge in [0.05, 0.1) is 15.7 Å². The van der Waals surface area contributed by atoms with Gasteiger partial charge in [0.2, 0.25) is 0 Å². The number of hydrogen-bond donors (Lipinski definition) is 1. The molecule has 2 heterocycles. The Morgan fingerprint density at radius 3 is 2.53 bits per heavy atom. The molecule has 0 amide bonds. The second kappa shape index (κ2) is 10.0. The fourth-order valence-corrected chi connectivity index (χ4v) is 5.15. The van der Waals surface area contributed by atoms with Crippen LogP contribution in [0.25, 0.3) is 0 Å². The SMILES string of the molecule is CC(=N/C(=C(/C)C=O)N1CCC2(CC1)Oc1ccccc1C2=NS)N(C)c1cccc(Cl)c1Cl. The Balaban J connectivity index is 1.58. The summed E-state index contributed by atoms with van der Waals surface area (Å²) >= 11 is 16.8. The third-order valence-electron chi connectivity index (χ3n) is 6.42. The van der Waals surface area contributed by atoms with Gasteiger partial charge in [-0.25, -0.2) is 9.39 Å². The summed E-state index contributed by atoms with van der Waals surface area (Å²) in [4.78, 5) is 20.6. The standard InChI is InChI=1S/C25H26Cl2N4O2S/c1-16(15-32)24(28-17(2)30(3)20-9-6-8-19(26)22(20)27)31-13-11-25(12-14-31)23(29-34)18-7-4-5-10-21(18)33-25/h4-10,15,34H,11-14H2,1-3H3/b24-16+,28-17?,29-23?. The molecule has 1 spiro atoms. The highest BCUT2D eigenvalue weighted by Gasteiger charge is 2.47. The molecule has 0 saturated carbocycles. The van der Waals surface area contributed by atoms with Crippen molar-refractivity contribution >= 4 is 59.5 Å². The average Bonchev–Trinajstić information content (AvgIpc) is 3.16. The maximum atomic E-state index is 11.7. The van der Waals surface area contributed by atoms with E-state index in [0.29, 0.717) is 53.2 Å². The van der Waals surface area contributed by atoms with Gasteiger partial charge in [-0.1, -0.05) is 41.4 Å². The van der Waals surface area contributed by atoms with Gasteiger partial charge in [0.15, 0.2) is 5.60 Å². The topological polar surface area (TPSA) is 57.5 Å². The first-order valence-electron chi connectivity index (χ1n) is 11.0. The normalized spacial score (nSPS) is 19.1. The van der Waals surface area contributed by atoms with Gasteiger partial charge in [-0.2, -0.15) is 0 Å². The van der Waals surface area contributed by atoms with Crippen molar-refractivity contribution in [3.05, 3.63) is 69.5 Å². The van der Waals surface area contributed by atoms with Crippen molar-refractivity contribution in [2.24, 2.45) is 9.39 Å². The van der Waals surface area contributed by atoms with Crippen LogP contribution in [-0.2, 0) is 4.79 Å². The monoisotopic (exact) mass is 516 g/mol. The van der Waals surface area contributed by atoms with Crippen LogP contribution in [-0.4, -0.2) is 48.5 Å². The molecule has 0 bridgehead atoms. The van der Waals surface area contributed by atoms with Crippen LogP contribution in [0.3, 0.4) is 0 Å². The number of ether oxygens (including phenoxy) is 1. The number of aliphatic imine (C=N–C) groups is 1. The summed E-state index contributed by atoms with van der Waals surface area (Å²) < 4.78 is 10.7. The predicted molar refractivity (Wildman–Crippen MR) is 143 cm³/mol. The molecule has 0 radical (unpaired) electrons. The molecular formula is C25H26Cl2N4O2S. The number of hydrogen-bond acceptors (Lipinski definition) is 6. The van der Waals surface area contributed by atoms with Gasteiger partial charge in [-0.15, -0.1) is 0 Å². The number of rotatable bonds is 4. The van der Waals surface area contributed by atoms with Gasteiger partial charge in [0.25, 0.3) is 0 Å². The lowest BCUT2D eigenvalue weighted by Gasteiger charge is -2.40. The highest BCUT2D eigenvalue weighted by atomic mass is 35.5. The highest BCUT2D eigenvalue weighted by molar-refractivity contribution is 7.79. The number of para-hydroxylation sites is 1. The zero-order valence-corrected chi connectivity index (χ0v) is 21.7. The third-order valence-corrected chi connectivity index (χ3v) is 7.43. The molecule has 0 N–H and O–H groups in total. The van der Waals surface area contributed by atoms with E-state index >= 15 is 0 Å². The molecule has 34 heavy (non-hydrogen) atoms. The summed E-state index contributed by atoms with van der Waals surface area (Å²) in [7, 11) is 1.87. The summed E-state index contributed by atoms with van der Waals surface area (Å²) in [6.45, 7) is 4.96. The van der Waals surface area contributed by atoms with Crippen LogP contribution >= 0.6 is 36.0 Å². The van der Waals surface area contributed by atoms with E-state index in [-0.39, 0.29) is 0 Å². The lowest BCUT2D eigenvalue weighted by molar-refractivity contribution is -0.105. The van der Waals surface area contributed by atoms with E-state index in [9.17, 15) is 4.79 Å². The van der Waals surface area contributed by atoms with Gasteiger partial charge in [-0.05, 0) is 50.9 Å². The largest absolute Gasteiger partial charge is 0.480 e. The van der Waals surface area contributed by atoms with E-state index in [4.69, 9.17) is 32.9 Å². The number of carbonyl (C=O) groups excluding carboxylic acids is 1. The Labute approximate surface area is 215 Å². The van der Waals surface area contributed by atoms with Crippen LogP contribution in [0.5, 0.6) is 5.75 Å². The van der Waals surface area contributed by atoms with Crippen molar-refractivity contribution in [1.82, 2.24) is 4.90 Å². The van der Waals surface area contributed by atoms with Crippen LogP contribution < -0.4 is 9.64 Å². The van der Waals surface area contributed by atoms with E-state index in [1.165, 1.54) is 0 Å². The van der Waals surface area contributed by atoms with Gasteiger partial charge >= 0.3 is 0 Å². The Bertz CT molecular complexity index is 1200.